The molecule has 6 nitrogen and oxygen atoms in total. The number of hydrogen-bond donors (Lipinski definition) is 6. The van der Waals surface area contributed by atoms with E-state index in [0.29, 0.717) is 39.3 Å². The van der Waals surface area contributed by atoms with Crippen molar-refractivity contribution < 1.29 is 0 Å². The molecule has 95 valence electrons. The maximum atomic E-state index is 4.90. The number of nitrogens with two attached hydrogens (primary N) is 6. The molecule has 0 aliphatic rings. The molecule has 0 aromatic carbocycles. The van der Waals surface area contributed by atoms with Crippen LogP contribution in [-0.2, 0) is 0 Å². The molecule has 0 bridgehead atoms. The summed E-state index contributed by atoms with van der Waals surface area (Å²) in [6.07, 6.45) is 0.944. The van der Waals surface area contributed by atoms with Crippen LogP contribution in [0.2, 0.25) is 0 Å². The van der Waals surface area contributed by atoms with E-state index in [1.54, 1.807) is 0 Å². The van der Waals surface area contributed by atoms with E-state index in [1.807, 2.05) is 0 Å². The molecule has 0 aliphatic carbocycles. The van der Waals surface area contributed by atoms with E-state index in [0.717, 1.165) is 6.11 Å². The average Bonchev–Trinajstić information content (AvgIpc) is 2.30. The van der Waals surface area contributed by atoms with E-state index in [4.69, 9.17) is 34.4 Å². The molecule has 15 heavy (non-hydrogen) atoms. The second-order valence-corrected chi connectivity index (χ2v) is 2.47. The van der Waals surface area contributed by atoms with Crippen LogP contribution in [-0.4, -0.2) is 45.4 Å². The van der Waals surface area contributed by atoms with Gasteiger partial charge in [-0.15, -0.1) is 0 Å². The monoisotopic (exact) mass is 261 g/mol. The van der Waals surface area contributed by atoms with Gasteiger partial charge in [-0.25, -0.2) is 0 Å². The van der Waals surface area contributed by atoms with E-state index in [1.165, 1.54) is 0 Å². The Morgan fingerprint density at radius 3 is 0.600 bits per heavy atom. The number of halogens is 2. The van der Waals surface area contributed by atoms with Crippen molar-refractivity contribution in [3.05, 3.63) is 0 Å². The van der Waals surface area contributed by atoms with Crippen LogP contribution in [0.5, 0.6) is 0 Å². The molecule has 0 heterocycles. The smallest absolute Gasteiger partial charge is 0.329 e. The lowest BCUT2D eigenvalue weighted by molar-refractivity contribution is 0.976. The van der Waals surface area contributed by atoms with Gasteiger partial charge in [0.25, 0.3) is 0 Å². The minimum Gasteiger partial charge on any atom is -0.329 e. The van der Waals surface area contributed by atoms with E-state index < -0.39 is 0 Å². The summed E-state index contributed by atoms with van der Waals surface area (Å²) in [7, 11) is 0. The Morgan fingerprint density at radius 2 is 0.600 bits per heavy atom. The Balaban J connectivity index is -0.0000000542. The molecule has 0 spiro atoms. The third-order valence-corrected chi connectivity index (χ3v) is 0.500. The highest BCUT2D eigenvalue weighted by Gasteiger charge is 1.55. The first-order valence-corrected chi connectivity index (χ1v) is 5.26. The van der Waals surface area contributed by atoms with Crippen molar-refractivity contribution in [1.29, 1.82) is 0 Å². The van der Waals surface area contributed by atoms with Crippen LogP contribution in [0.3, 0.4) is 0 Å². The van der Waals surface area contributed by atoms with Gasteiger partial charge in [0.05, 0.1) is 0 Å². The van der Waals surface area contributed by atoms with Gasteiger partial charge in [-0.05, 0) is 0 Å². The van der Waals surface area contributed by atoms with Gasteiger partial charge in [-0.3, -0.25) is 0 Å². The van der Waals surface area contributed by atoms with Crippen LogP contribution >= 0.6 is 22.9 Å². The van der Waals surface area contributed by atoms with Crippen LogP contribution in [0.1, 0.15) is 0 Å². The Morgan fingerprint density at radius 1 is 0.533 bits per heavy atom. The first kappa shape index (κ1) is 24.6. The zero-order chi connectivity index (χ0) is 12.9. The molecule has 0 atom stereocenters. The van der Waals surface area contributed by atoms with Gasteiger partial charge < -0.3 is 34.4 Å². The standard InChI is InChI=1S/3C2H8N2.BCl2/c3*3-1-2-4;2-1-3/h3*1-4H2;. The lowest BCUT2D eigenvalue weighted by Gasteiger charge is -1.72. The van der Waals surface area contributed by atoms with Gasteiger partial charge in [0, 0.05) is 39.3 Å². The minimum atomic E-state index is 0.597. The highest BCUT2D eigenvalue weighted by atomic mass is 35.5. The first-order chi connectivity index (χ1) is 7.16. The van der Waals surface area contributed by atoms with Crippen molar-refractivity contribution >= 4 is 29.0 Å². The van der Waals surface area contributed by atoms with Crippen LogP contribution in [0.4, 0.5) is 0 Å². The van der Waals surface area contributed by atoms with E-state index in [-0.39, 0.29) is 0 Å². The van der Waals surface area contributed by atoms with Gasteiger partial charge in [0.15, 0.2) is 0 Å². The SMILES string of the molecule is Cl[B]Cl.NCCN.NCCN.NCCN. The molecule has 1 radical (unpaired) electrons. The average molecular weight is 262 g/mol. The summed E-state index contributed by atoms with van der Waals surface area (Å²) in [5.41, 5.74) is 29.4. The summed E-state index contributed by atoms with van der Waals surface area (Å²) in [4.78, 5) is 0. The molecule has 0 aromatic heterocycles. The molecule has 0 unspecified atom stereocenters. The van der Waals surface area contributed by atoms with Crippen molar-refractivity contribution in [3.63, 3.8) is 0 Å². The predicted molar refractivity (Wildman–Crippen MR) is 71.8 cm³/mol. The molecule has 0 fully saturated rings. The van der Waals surface area contributed by atoms with Gasteiger partial charge >= 0.3 is 6.11 Å². The molecule has 0 amide bonds. The summed E-state index contributed by atoms with van der Waals surface area (Å²) in [5.74, 6) is 0. The molecular weight excluding hydrogens is 238 g/mol. The Hall–Kier alpha value is 0.405. The van der Waals surface area contributed by atoms with E-state index in [2.05, 4.69) is 22.9 Å². The lowest BCUT2D eigenvalue weighted by Crippen LogP contribution is -2.11. The second-order valence-electron chi connectivity index (χ2n) is 1.81. The molecule has 0 saturated heterocycles. The summed E-state index contributed by atoms with van der Waals surface area (Å²) < 4.78 is 0. The van der Waals surface area contributed by atoms with Crippen LogP contribution in [0.25, 0.3) is 0 Å². The maximum Gasteiger partial charge on any atom is 0.357 e. The summed E-state index contributed by atoms with van der Waals surface area (Å²) in [5, 5.41) is 0. The van der Waals surface area contributed by atoms with Crippen molar-refractivity contribution in [2.75, 3.05) is 39.3 Å². The molecule has 0 saturated carbocycles. The van der Waals surface area contributed by atoms with E-state index >= 15 is 0 Å². The largest absolute Gasteiger partial charge is 0.357 e. The van der Waals surface area contributed by atoms with Crippen molar-refractivity contribution in [1.82, 2.24) is 0 Å². The molecule has 9 heteroatoms. The summed E-state index contributed by atoms with van der Waals surface area (Å²) in [6, 6.07) is 0. The van der Waals surface area contributed by atoms with Gasteiger partial charge in [0.2, 0.25) is 0 Å². The zero-order valence-electron chi connectivity index (χ0n) is 9.04. The maximum absolute atomic E-state index is 4.90. The first-order valence-electron chi connectivity index (χ1n) is 4.39. The van der Waals surface area contributed by atoms with Gasteiger partial charge in [0.1, 0.15) is 0 Å². The minimum absolute atomic E-state index is 0.597. The molecule has 0 aromatic rings. The van der Waals surface area contributed by atoms with Crippen LogP contribution in [0.15, 0.2) is 0 Å². The molecule has 12 N–H and O–H groups in total. The number of hydrogen-bond acceptors (Lipinski definition) is 6. The third kappa shape index (κ3) is 191. The fourth-order valence-electron chi connectivity index (χ4n) is 0. The Labute approximate surface area is 103 Å². The topological polar surface area (TPSA) is 156 Å². The third-order valence-electron chi connectivity index (χ3n) is 0.500. The molecule has 0 aliphatic heterocycles. The molecular formula is C6H24BCl2N6. The summed E-state index contributed by atoms with van der Waals surface area (Å²) >= 11 is 9.28. The van der Waals surface area contributed by atoms with E-state index in [9.17, 15) is 0 Å². The zero-order valence-corrected chi connectivity index (χ0v) is 10.6. The van der Waals surface area contributed by atoms with Gasteiger partial charge in [-0.2, -0.15) is 22.9 Å². The second kappa shape index (κ2) is 47.2. The van der Waals surface area contributed by atoms with Gasteiger partial charge in [-0.1, -0.05) is 0 Å². The molecule has 0 rings (SSSR count). The van der Waals surface area contributed by atoms with Crippen molar-refractivity contribution in [2.45, 2.75) is 0 Å². The highest BCUT2D eigenvalue weighted by Crippen LogP contribution is 1.67. The van der Waals surface area contributed by atoms with Crippen LogP contribution in [0, 0.1) is 0 Å². The van der Waals surface area contributed by atoms with Crippen molar-refractivity contribution in [3.8, 4) is 0 Å². The fraction of sp³-hybridized carbons (Fsp3) is 1.00. The Kier molecular flexibility index (Phi) is 77.3. The normalized spacial score (nSPS) is 6.93. The van der Waals surface area contributed by atoms with Crippen LogP contribution < -0.4 is 34.4 Å². The quantitative estimate of drug-likeness (QED) is 0.314. The van der Waals surface area contributed by atoms with Crippen molar-refractivity contribution in [2.24, 2.45) is 34.4 Å². The highest BCUT2D eigenvalue weighted by molar-refractivity contribution is 7.22. The predicted octanol–water partition coefficient (Wildman–Crippen LogP) is -2.29. The number of rotatable bonds is 3. The lowest BCUT2D eigenvalue weighted by atomic mass is 10.7. The fourth-order valence-corrected chi connectivity index (χ4v) is 0. The Bertz CT molecular complexity index is 49.4. The summed E-state index contributed by atoms with van der Waals surface area (Å²) in [6.45, 7) is 3.58.